The molecule has 0 aliphatic heterocycles. The van der Waals surface area contributed by atoms with E-state index in [2.05, 4.69) is 27.0 Å². The van der Waals surface area contributed by atoms with Crippen LogP contribution in [0.4, 0.5) is 0 Å². The smallest absolute Gasteiger partial charge is 0.159 e. The maximum Gasteiger partial charge on any atom is 0.159 e. The van der Waals surface area contributed by atoms with Crippen LogP contribution in [0.2, 0.25) is 0 Å². The van der Waals surface area contributed by atoms with E-state index < -0.39 is 5.92 Å². The zero-order valence-electron chi connectivity index (χ0n) is 19.7. The lowest BCUT2D eigenvalue weighted by Crippen LogP contribution is -2.43. The number of carbonyl (C=O) groups excluding carboxylic acids is 3. The van der Waals surface area contributed by atoms with Gasteiger partial charge in [-0.2, -0.15) is 0 Å². The van der Waals surface area contributed by atoms with Gasteiger partial charge in [0.15, 0.2) is 5.78 Å². The van der Waals surface area contributed by atoms with Crippen molar-refractivity contribution in [2.24, 2.45) is 28.6 Å². The van der Waals surface area contributed by atoms with E-state index in [0.29, 0.717) is 36.3 Å². The second-order valence-electron chi connectivity index (χ2n) is 10.4. The molecule has 0 amide bonds. The first kappa shape index (κ1) is 25.4. The quantitative estimate of drug-likeness (QED) is 0.259. The van der Waals surface area contributed by atoms with Gasteiger partial charge in [-0.25, -0.2) is 0 Å². The van der Waals surface area contributed by atoms with E-state index in [1.54, 1.807) is 0 Å². The molecule has 0 aromatic carbocycles. The minimum Gasteiger partial charge on any atom is -0.299 e. The van der Waals surface area contributed by atoms with Crippen molar-refractivity contribution in [1.82, 2.24) is 0 Å². The third-order valence-electron chi connectivity index (χ3n) is 8.86. The van der Waals surface area contributed by atoms with Gasteiger partial charge in [-0.15, -0.1) is 23.2 Å². The Hall–Kier alpha value is -1.19. The van der Waals surface area contributed by atoms with E-state index >= 15 is 0 Å². The van der Waals surface area contributed by atoms with Crippen molar-refractivity contribution in [3.05, 3.63) is 35.5 Å². The fourth-order valence-corrected chi connectivity index (χ4v) is 7.03. The minimum atomic E-state index is -0.442. The molecule has 0 aromatic heterocycles. The lowest BCUT2D eigenvalue weighted by atomic mass is 9.61. The second kappa shape index (κ2) is 9.58. The summed E-state index contributed by atoms with van der Waals surface area (Å²) in [6, 6.07) is 0. The summed E-state index contributed by atoms with van der Waals surface area (Å²) in [4.78, 5) is 36.1. The van der Waals surface area contributed by atoms with Crippen LogP contribution in [-0.4, -0.2) is 29.1 Å². The predicted octanol–water partition coefficient (Wildman–Crippen LogP) is 6.62. The minimum absolute atomic E-state index is 0.0169. The van der Waals surface area contributed by atoms with Gasteiger partial charge in [0.2, 0.25) is 0 Å². The fourth-order valence-electron chi connectivity index (χ4n) is 6.51. The van der Waals surface area contributed by atoms with Gasteiger partial charge >= 0.3 is 0 Å². The van der Waals surface area contributed by atoms with Crippen molar-refractivity contribution in [2.45, 2.75) is 72.1 Å². The highest BCUT2D eigenvalue weighted by Gasteiger charge is 2.55. The summed E-state index contributed by atoms with van der Waals surface area (Å²) in [6.45, 7) is 14.3. The zero-order chi connectivity index (χ0) is 23.8. The lowest BCUT2D eigenvalue weighted by molar-refractivity contribution is -0.139. The monoisotopic (exact) mass is 478 g/mol. The molecule has 5 unspecified atom stereocenters. The maximum absolute atomic E-state index is 12.1. The number of rotatable bonds is 4. The number of hydrogen-bond acceptors (Lipinski definition) is 3. The predicted molar refractivity (Wildman–Crippen MR) is 131 cm³/mol. The fraction of sp³-hybridized carbons (Fsp3) is 0.667. The van der Waals surface area contributed by atoms with Gasteiger partial charge < -0.3 is 0 Å². The van der Waals surface area contributed by atoms with Crippen LogP contribution >= 0.6 is 23.2 Å². The highest BCUT2D eigenvalue weighted by atomic mass is 35.5. The van der Waals surface area contributed by atoms with Crippen LogP contribution in [0.25, 0.3) is 0 Å². The average Bonchev–Trinajstić information content (AvgIpc) is 3.32. The van der Waals surface area contributed by atoms with Crippen molar-refractivity contribution < 1.29 is 14.4 Å². The van der Waals surface area contributed by atoms with Crippen LogP contribution in [0.1, 0.15) is 72.1 Å². The Morgan fingerprint density at radius 1 is 0.906 bits per heavy atom. The molecule has 0 spiro atoms. The van der Waals surface area contributed by atoms with E-state index in [-0.39, 0.29) is 28.3 Å². The lowest BCUT2D eigenvalue weighted by Gasteiger charge is -2.41. The summed E-state index contributed by atoms with van der Waals surface area (Å²) in [7, 11) is 0. The molecule has 0 aromatic rings. The van der Waals surface area contributed by atoms with E-state index in [4.69, 9.17) is 23.2 Å². The standard InChI is InChI=1S/C14H19ClO.C13H17ClO2/c1-9-4-6-14(10(2)8-15)7-5-12(16)13(14)11(9)3;1-8-3-5-13(9(2)7-14)6-4-10(15)11(13)12(8)16/h9H,2,4-8H2,1,3H3;8,11H,2-7H2,1H3. The molecule has 5 heteroatoms. The summed E-state index contributed by atoms with van der Waals surface area (Å²) in [5.41, 5.74) is 3.88. The summed E-state index contributed by atoms with van der Waals surface area (Å²) < 4.78 is 0. The molecule has 3 saturated carbocycles. The summed E-state index contributed by atoms with van der Waals surface area (Å²) in [5, 5.41) is 0. The first-order chi connectivity index (χ1) is 15.1. The maximum atomic E-state index is 12.1. The molecule has 3 nitrogen and oxygen atoms in total. The Kier molecular flexibility index (Phi) is 7.62. The molecule has 4 aliphatic rings. The largest absolute Gasteiger partial charge is 0.299 e. The number of fused-ring (bicyclic) bond motifs is 2. The van der Waals surface area contributed by atoms with E-state index in [1.807, 2.05) is 6.92 Å². The van der Waals surface area contributed by atoms with Gasteiger partial charge in [0, 0.05) is 46.9 Å². The molecule has 0 radical (unpaired) electrons. The van der Waals surface area contributed by atoms with Crippen molar-refractivity contribution in [2.75, 3.05) is 11.8 Å². The molecule has 0 N–H and O–H groups in total. The normalized spacial score (nSPS) is 36.4. The van der Waals surface area contributed by atoms with Crippen molar-refractivity contribution in [3.63, 3.8) is 0 Å². The number of allylic oxidation sites excluding steroid dienone is 4. The SMILES string of the molecule is C=C(CCl)C12CCC(=O)C1=C(C)C(C)CC2.C=C(CCl)C12CCC(=O)C1C(=O)C(C)CC2. The topological polar surface area (TPSA) is 51.2 Å². The molecule has 32 heavy (non-hydrogen) atoms. The molecule has 0 saturated heterocycles. The average molecular weight is 479 g/mol. The zero-order valence-corrected chi connectivity index (χ0v) is 21.2. The molecule has 5 atom stereocenters. The van der Waals surface area contributed by atoms with E-state index in [9.17, 15) is 14.4 Å². The molecule has 0 heterocycles. The van der Waals surface area contributed by atoms with Gasteiger partial charge in [0.1, 0.15) is 11.6 Å². The van der Waals surface area contributed by atoms with Crippen molar-refractivity contribution in [1.29, 1.82) is 0 Å². The summed E-state index contributed by atoms with van der Waals surface area (Å²) in [5.74, 6) is 1.47. The number of halogens is 2. The number of alkyl halides is 2. The van der Waals surface area contributed by atoms with Crippen LogP contribution in [-0.2, 0) is 14.4 Å². The molecular formula is C27H36Cl2O3. The molecule has 176 valence electrons. The molecular weight excluding hydrogens is 443 g/mol. The number of hydrogen-bond donors (Lipinski definition) is 0. The molecule has 0 bridgehead atoms. The Bertz CT molecular complexity index is 885. The highest BCUT2D eigenvalue weighted by molar-refractivity contribution is 6.20. The second-order valence-corrected chi connectivity index (χ2v) is 10.9. The Balaban J connectivity index is 0.000000181. The first-order valence-corrected chi connectivity index (χ1v) is 12.9. The molecule has 4 aliphatic carbocycles. The van der Waals surface area contributed by atoms with Crippen LogP contribution in [0, 0.1) is 28.6 Å². The number of carbonyl (C=O) groups is 3. The number of Topliss-reactive ketones (excluding diaryl/α,β-unsaturated/α-hetero) is 3. The van der Waals surface area contributed by atoms with Gasteiger partial charge in [0.25, 0.3) is 0 Å². The van der Waals surface area contributed by atoms with Gasteiger partial charge in [-0.05, 0) is 51.4 Å². The van der Waals surface area contributed by atoms with E-state index in [1.165, 1.54) is 5.57 Å². The van der Waals surface area contributed by atoms with Crippen LogP contribution < -0.4 is 0 Å². The Morgan fingerprint density at radius 3 is 2.16 bits per heavy atom. The van der Waals surface area contributed by atoms with Gasteiger partial charge in [-0.1, -0.05) is 43.7 Å². The molecule has 4 rings (SSSR count). The van der Waals surface area contributed by atoms with Crippen molar-refractivity contribution >= 4 is 40.6 Å². The Morgan fingerprint density at radius 2 is 1.53 bits per heavy atom. The molecule has 3 fully saturated rings. The van der Waals surface area contributed by atoms with E-state index in [0.717, 1.165) is 55.2 Å². The summed E-state index contributed by atoms with van der Waals surface area (Å²) in [6.07, 6.45) is 6.84. The van der Waals surface area contributed by atoms with Crippen LogP contribution in [0.15, 0.2) is 35.5 Å². The van der Waals surface area contributed by atoms with Gasteiger partial charge in [0.05, 0.1) is 5.92 Å². The van der Waals surface area contributed by atoms with Gasteiger partial charge in [-0.3, -0.25) is 14.4 Å². The number of ketones is 3. The third kappa shape index (κ3) is 3.98. The highest BCUT2D eigenvalue weighted by Crippen LogP contribution is 2.56. The van der Waals surface area contributed by atoms with Crippen molar-refractivity contribution in [3.8, 4) is 0 Å². The Labute approximate surface area is 202 Å². The first-order valence-electron chi connectivity index (χ1n) is 11.8. The van der Waals surface area contributed by atoms with Crippen LogP contribution in [0.5, 0.6) is 0 Å². The van der Waals surface area contributed by atoms with Crippen LogP contribution in [0.3, 0.4) is 0 Å². The third-order valence-corrected chi connectivity index (χ3v) is 9.51. The summed E-state index contributed by atoms with van der Waals surface area (Å²) >= 11 is 11.8.